The van der Waals surface area contributed by atoms with E-state index >= 15 is 0 Å². The summed E-state index contributed by atoms with van der Waals surface area (Å²) in [5, 5.41) is 2.79. The Morgan fingerprint density at radius 3 is 2.65 bits per heavy atom. The van der Waals surface area contributed by atoms with Gasteiger partial charge in [0.05, 0.1) is 11.0 Å². The van der Waals surface area contributed by atoms with Crippen LogP contribution < -0.4 is 10.2 Å². The number of anilines is 1. The van der Waals surface area contributed by atoms with Crippen LogP contribution in [-0.4, -0.2) is 34.5 Å². The van der Waals surface area contributed by atoms with E-state index in [-0.39, 0.29) is 18.2 Å². The van der Waals surface area contributed by atoms with E-state index in [0.29, 0.717) is 24.6 Å². The van der Waals surface area contributed by atoms with Crippen molar-refractivity contribution in [2.24, 2.45) is 0 Å². The van der Waals surface area contributed by atoms with Gasteiger partial charge in [-0.2, -0.15) is 0 Å². The number of aromatic nitrogens is 2. The molecule has 7 heteroatoms. The minimum Gasteiger partial charge on any atom is -0.352 e. The van der Waals surface area contributed by atoms with E-state index < -0.39 is 0 Å². The smallest absolute Gasteiger partial charge is 0.251 e. The second-order valence-corrected chi connectivity index (χ2v) is 7.03. The highest BCUT2D eigenvalue weighted by molar-refractivity contribution is 9.10. The first kappa shape index (κ1) is 16.8. The maximum absolute atomic E-state index is 12.6. The Bertz CT molecular complexity index is 981. The van der Waals surface area contributed by atoms with Crippen molar-refractivity contribution < 1.29 is 9.59 Å². The van der Waals surface area contributed by atoms with Gasteiger partial charge in [0.2, 0.25) is 11.9 Å². The van der Waals surface area contributed by atoms with E-state index in [2.05, 4.69) is 30.8 Å². The Morgan fingerprint density at radius 1 is 1.08 bits per heavy atom. The van der Waals surface area contributed by atoms with Crippen molar-refractivity contribution in [2.45, 2.75) is 13.0 Å². The summed E-state index contributed by atoms with van der Waals surface area (Å²) in [6.45, 7) is 1.66. The van der Waals surface area contributed by atoms with Crippen molar-refractivity contribution in [3.05, 3.63) is 58.6 Å². The van der Waals surface area contributed by atoms with E-state index in [1.165, 1.54) is 0 Å². The van der Waals surface area contributed by atoms with Gasteiger partial charge in [-0.15, -0.1) is 0 Å². The number of nitrogens with zero attached hydrogens (tertiary/aromatic N) is 3. The number of imidazole rings is 1. The summed E-state index contributed by atoms with van der Waals surface area (Å²) in [6, 6.07) is 15.0. The van der Waals surface area contributed by atoms with E-state index in [4.69, 9.17) is 0 Å². The van der Waals surface area contributed by atoms with Gasteiger partial charge in [0.25, 0.3) is 5.91 Å². The molecule has 0 aliphatic carbocycles. The summed E-state index contributed by atoms with van der Waals surface area (Å²) in [5.41, 5.74) is 2.51. The molecule has 1 N–H and O–H groups in total. The molecule has 1 aromatic heterocycles. The molecular formula is C19H17BrN4O2. The fraction of sp³-hybridized carbons (Fsp3) is 0.211. The molecule has 4 rings (SSSR count). The van der Waals surface area contributed by atoms with E-state index in [1.807, 2.05) is 36.4 Å². The molecule has 1 aliphatic heterocycles. The Hall–Kier alpha value is -2.67. The van der Waals surface area contributed by atoms with Crippen molar-refractivity contribution in [2.75, 3.05) is 18.0 Å². The second-order valence-electron chi connectivity index (χ2n) is 6.11. The number of hydrogen-bond donors (Lipinski definition) is 1. The molecule has 26 heavy (non-hydrogen) atoms. The Kier molecular flexibility index (Phi) is 4.46. The normalized spacial score (nSPS) is 13.0. The van der Waals surface area contributed by atoms with Crippen LogP contribution in [0, 0.1) is 0 Å². The molecule has 0 atom stereocenters. The minimum atomic E-state index is -0.182. The minimum absolute atomic E-state index is 0.0323. The van der Waals surface area contributed by atoms with Gasteiger partial charge in [-0.05, 0) is 36.4 Å². The van der Waals surface area contributed by atoms with Crippen LogP contribution in [0.25, 0.3) is 11.0 Å². The topological polar surface area (TPSA) is 67.2 Å². The highest BCUT2D eigenvalue weighted by atomic mass is 79.9. The molecule has 0 saturated heterocycles. The molecule has 0 radical (unpaired) electrons. The van der Waals surface area contributed by atoms with Crippen LogP contribution in [-0.2, 0) is 11.3 Å². The zero-order valence-corrected chi connectivity index (χ0v) is 15.6. The van der Waals surface area contributed by atoms with Gasteiger partial charge in [0, 0.05) is 36.1 Å². The number of carbonyl (C=O) groups is 2. The summed E-state index contributed by atoms with van der Waals surface area (Å²) in [5.74, 6) is 0.476. The lowest BCUT2D eigenvalue weighted by molar-refractivity contribution is -0.118. The summed E-state index contributed by atoms with van der Waals surface area (Å²) in [7, 11) is 0. The molecule has 0 saturated carbocycles. The summed E-state index contributed by atoms with van der Waals surface area (Å²) in [6.07, 6.45) is 0.242. The quantitative estimate of drug-likeness (QED) is 0.715. The molecule has 0 fully saturated rings. The fourth-order valence-corrected chi connectivity index (χ4v) is 3.41. The number of rotatable bonds is 4. The number of amides is 2. The maximum atomic E-state index is 12.6. The lowest BCUT2D eigenvalue weighted by Gasteiger charge is -2.14. The molecule has 3 aromatic rings. The van der Waals surface area contributed by atoms with Crippen LogP contribution in [0.2, 0.25) is 0 Å². The standard InChI is InChI=1S/C19H17BrN4O2/c20-14-7-5-13(6-8-14)18(26)21-10-9-17(25)24-12-11-23-16-4-2-1-3-15(16)22-19(23)24/h1-8H,9-12H2,(H,21,26). The van der Waals surface area contributed by atoms with Crippen LogP contribution in [0.1, 0.15) is 16.8 Å². The van der Waals surface area contributed by atoms with Crippen LogP contribution in [0.15, 0.2) is 53.0 Å². The number of para-hydroxylation sites is 2. The molecule has 0 spiro atoms. The number of nitrogens with one attached hydrogen (secondary N) is 1. The van der Waals surface area contributed by atoms with Gasteiger partial charge >= 0.3 is 0 Å². The Morgan fingerprint density at radius 2 is 1.85 bits per heavy atom. The van der Waals surface area contributed by atoms with Crippen molar-refractivity contribution in [3.8, 4) is 0 Å². The van der Waals surface area contributed by atoms with Gasteiger partial charge in [-0.1, -0.05) is 28.1 Å². The van der Waals surface area contributed by atoms with Gasteiger partial charge in [-0.3, -0.25) is 14.5 Å². The number of hydrogen-bond acceptors (Lipinski definition) is 3. The van der Waals surface area contributed by atoms with Gasteiger partial charge in [-0.25, -0.2) is 4.98 Å². The molecule has 2 aromatic carbocycles. The second kappa shape index (κ2) is 6.92. The molecule has 6 nitrogen and oxygen atoms in total. The SMILES string of the molecule is O=C(NCCC(=O)N1CCn2c1nc1ccccc12)c1ccc(Br)cc1. The number of benzene rings is 2. The summed E-state index contributed by atoms with van der Waals surface area (Å²) < 4.78 is 2.98. The predicted octanol–water partition coefficient (Wildman–Crippen LogP) is 2.97. The van der Waals surface area contributed by atoms with E-state index in [9.17, 15) is 9.59 Å². The first-order valence-electron chi connectivity index (χ1n) is 8.43. The lowest BCUT2D eigenvalue weighted by atomic mass is 10.2. The van der Waals surface area contributed by atoms with Crippen LogP contribution in [0.3, 0.4) is 0 Å². The largest absolute Gasteiger partial charge is 0.352 e. The number of fused-ring (bicyclic) bond motifs is 3. The van der Waals surface area contributed by atoms with E-state index in [1.54, 1.807) is 17.0 Å². The first-order chi connectivity index (χ1) is 12.6. The lowest BCUT2D eigenvalue weighted by Crippen LogP contribution is -2.33. The highest BCUT2D eigenvalue weighted by Crippen LogP contribution is 2.27. The van der Waals surface area contributed by atoms with Crippen LogP contribution in [0.4, 0.5) is 5.95 Å². The van der Waals surface area contributed by atoms with Gasteiger partial charge < -0.3 is 9.88 Å². The summed E-state index contributed by atoms with van der Waals surface area (Å²) in [4.78, 5) is 30.9. The zero-order chi connectivity index (χ0) is 18.1. The number of halogens is 1. The van der Waals surface area contributed by atoms with E-state index in [0.717, 1.165) is 22.1 Å². The van der Waals surface area contributed by atoms with Gasteiger partial charge in [0.1, 0.15) is 0 Å². The third kappa shape index (κ3) is 3.10. The molecule has 1 aliphatic rings. The molecule has 0 bridgehead atoms. The Labute approximate surface area is 158 Å². The third-order valence-electron chi connectivity index (χ3n) is 4.45. The van der Waals surface area contributed by atoms with Crippen molar-refractivity contribution in [3.63, 3.8) is 0 Å². The monoisotopic (exact) mass is 412 g/mol. The maximum Gasteiger partial charge on any atom is 0.251 e. The number of carbonyl (C=O) groups excluding carboxylic acids is 2. The highest BCUT2D eigenvalue weighted by Gasteiger charge is 2.27. The van der Waals surface area contributed by atoms with Crippen molar-refractivity contribution >= 4 is 44.7 Å². The van der Waals surface area contributed by atoms with Crippen molar-refractivity contribution in [1.29, 1.82) is 0 Å². The van der Waals surface area contributed by atoms with Crippen molar-refractivity contribution in [1.82, 2.24) is 14.9 Å². The first-order valence-corrected chi connectivity index (χ1v) is 9.22. The fourth-order valence-electron chi connectivity index (χ4n) is 3.15. The summed E-state index contributed by atoms with van der Waals surface area (Å²) >= 11 is 3.34. The average Bonchev–Trinajstić information content (AvgIpc) is 3.21. The molecule has 0 unspecified atom stereocenters. The predicted molar refractivity (Wildman–Crippen MR) is 103 cm³/mol. The Balaban J connectivity index is 1.38. The zero-order valence-electron chi connectivity index (χ0n) is 14.0. The van der Waals surface area contributed by atoms with Gasteiger partial charge in [0.15, 0.2) is 0 Å². The van der Waals surface area contributed by atoms with Crippen LogP contribution in [0.5, 0.6) is 0 Å². The van der Waals surface area contributed by atoms with Crippen LogP contribution >= 0.6 is 15.9 Å². The average molecular weight is 413 g/mol. The molecule has 2 amide bonds. The molecule has 2 heterocycles. The third-order valence-corrected chi connectivity index (χ3v) is 4.98. The molecular weight excluding hydrogens is 396 g/mol. The molecule has 132 valence electrons.